The highest BCUT2D eigenvalue weighted by Crippen LogP contribution is 2.43. The molecule has 2 aromatic rings. The van der Waals surface area contributed by atoms with Crippen molar-refractivity contribution >= 4 is 0 Å². The van der Waals surface area contributed by atoms with Crippen molar-refractivity contribution < 1.29 is 36.2 Å². The molecule has 0 atom stereocenters. The van der Waals surface area contributed by atoms with Crippen LogP contribution < -0.4 is 4.74 Å². The lowest BCUT2D eigenvalue weighted by Gasteiger charge is -2.37. The summed E-state index contributed by atoms with van der Waals surface area (Å²) < 4.78 is 86.4. The van der Waals surface area contributed by atoms with Crippen molar-refractivity contribution in [3.8, 4) is 17.6 Å². The van der Waals surface area contributed by atoms with Crippen molar-refractivity contribution in [1.29, 1.82) is 0 Å². The molecule has 1 aliphatic heterocycles. The molecule has 1 heterocycles. The molecule has 0 unspecified atom stereocenters. The lowest BCUT2D eigenvalue weighted by Crippen LogP contribution is -2.38. The first-order chi connectivity index (χ1) is 21.2. The zero-order chi connectivity index (χ0) is 31.1. The first-order valence-corrected chi connectivity index (χ1v) is 16.3. The van der Waals surface area contributed by atoms with Crippen molar-refractivity contribution in [1.82, 2.24) is 0 Å². The van der Waals surface area contributed by atoms with Crippen LogP contribution in [-0.2, 0) is 9.47 Å². The molecule has 3 aliphatic rings. The van der Waals surface area contributed by atoms with Gasteiger partial charge in [-0.2, -0.15) is 8.78 Å². The zero-order valence-corrected chi connectivity index (χ0v) is 25.4. The van der Waals surface area contributed by atoms with Crippen LogP contribution in [0.4, 0.5) is 22.0 Å². The number of ether oxygens (including phenoxy) is 3. The number of rotatable bonds is 9. The fourth-order valence-electron chi connectivity index (χ4n) is 6.83. The summed E-state index contributed by atoms with van der Waals surface area (Å²) in [6, 6.07) is 8.93. The van der Waals surface area contributed by atoms with E-state index in [1.165, 1.54) is 25.7 Å². The van der Waals surface area contributed by atoms with Crippen LogP contribution in [0.3, 0.4) is 0 Å². The maximum Gasteiger partial charge on any atom is 0.400 e. The van der Waals surface area contributed by atoms with Crippen LogP contribution in [0.2, 0.25) is 0 Å². The molecule has 0 bridgehead atoms. The van der Waals surface area contributed by atoms with Gasteiger partial charge < -0.3 is 14.2 Å². The minimum atomic E-state index is -3.62. The third-order valence-electron chi connectivity index (χ3n) is 9.58. The van der Waals surface area contributed by atoms with Crippen LogP contribution >= 0.6 is 0 Å². The summed E-state index contributed by atoms with van der Waals surface area (Å²) in [7, 11) is 0. The number of hydrogen-bond donors (Lipinski definition) is 0. The number of benzene rings is 2. The summed E-state index contributed by atoms with van der Waals surface area (Å²) in [5, 5.41) is 0. The summed E-state index contributed by atoms with van der Waals surface area (Å²) in [6.45, 7) is 3.85. The van der Waals surface area contributed by atoms with Gasteiger partial charge in [-0.25, -0.2) is 13.2 Å². The SMILES string of the molecule is CCCCCC1COC(C2CCC(C#Cc3ccc(C4CCC(C(F)(F)Oc5cc(F)c(F)c(F)c5)CC4)cc3)CC2)OC1. The monoisotopic (exact) mass is 618 g/mol. The van der Waals surface area contributed by atoms with Gasteiger partial charge in [0.1, 0.15) is 5.75 Å². The fourth-order valence-corrected chi connectivity index (χ4v) is 6.83. The van der Waals surface area contributed by atoms with Crippen LogP contribution in [-0.4, -0.2) is 25.6 Å². The van der Waals surface area contributed by atoms with E-state index in [4.69, 9.17) is 9.47 Å². The molecule has 2 aliphatic carbocycles. The number of unbranched alkanes of at least 4 members (excludes halogenated alkanes) is 2. The summed E-state index contributed by atoms with van der Waals surface area (Å²) in [6.07, 6.45) is 6.95. The molecule has 0 spiro atoms. The fraction of sp³-hybridized carbons (Fsp3) is 0.611. The largest absolute Gasteiger partial charge is 0.432 e. The summed E-state index contributed by atoms with van der Waals surface area (Å²) in [5.74, 6) is 1.58. The Morgan fingerprint density at radius 3 is 2.09 bits per heavy atom. The zero-order valence-electron chi connectivity index (χ0n) is 25.4. The summed E-state index contributed by atoms with van der Waals surface area (Å²) in [5.41, 5.74) is 2.03. The van der Waals surface area contributed by atoms with Crippen LogP contribution in [0, 0.1) is 53.0 Å². The van der Waals surface area contributed by atoms with Crippen molar-refractivity contribution in [2.24, 2.45) is 23.7 Å². The highest BCUT2D eigenvalue weighted by Gasteiger charge is 2.44. The Bertz CT molecular complexity index is 1240. The smallest absolute Gasteiger partial charge is 0.400 e. The van der Waals surface area contributed by atoms with Crippen LogP contribution in [0.5, 0.6) is 5.75 Å². The lowest BCUT2D eigenvalue weighted by atomic mass is 9.78. The molecule has 0 aromatic heterocycles. The molecule has 1 saturated heterocycles. The Morgan fingerprint density at radius 2 is 1.48 bits per heavy atom. The normalized spacial score (nSPS) is 27.8. The molecular weight excluding hydrogens is 575 g/mol. The molecular formula is C36H43F5O3. The second-order valence-electron chi connectivity index (χ2n) is 12.8. The van der Waals surface area contributed by atoms with Gasteiger partial charge >= 0.3 is 6.11 Å². The highest BCUT2D eigenvalue weighted by atomic mass is 19.3. The van der Waals surface area contributed by atoms with E-state index in [0.717, 1.165) is 50.0 Å². The third-order valence-corrected chi connectivity index (χ3v) is 9.58. The van der Waals surface area contributed by atoms with Crippen LogP contribution in [0.25, 0.3) is 0 Å². The van der Waals surface area contributed by atoms with E-state index in [1.54, 1.807) is 0 Å². The molecule has 2 aromatic carbocycles. The minimum Gasteiger partial charge on any atom is -0.432 e. The second kappa shape index (κ2) is 15.1. The Hall–Kier alpha value is -2.63. The number of hydrogen-bond acceptors (Lipinski definition) is 3. The van der Waals surface area contributed by atoms with E-state index in [0.29, 0.717) is 42.7 Å². The minimum absolute atomic E-state index is 0.0725. The van der Waals surface area contributed by atoms with Crippen molar-refractivity contribution in [2.45, 2.75) is 102 Å². The Labute approximate surface area is 257 Å². The lowest BCUT2D eigenvalue weighted by molar-refractivity contribution is -0.229. The Balaban J connectivity index is 1.04. The Morgan fingerprint density at radius 1 is 0.841 bits per heavy atom. The van der Waals surface area contributed by atoms with E-state index in [9.17, 15) is 22.0 Å². The average Bonchev–Trinajstić information content (AvgIpc) is 3.03. The van der Waals surface area contributed by atoms with Crippen LogP contribution in [0.15, 0.2) is 36.4 Å². The molecule has 8 heteroatoms. The maximum absolute atomic E-state index is 14.8. The van der Waals surface area contributed by atoms with Gasteiger partial charge in [-0.3, -0.25) is 0 Å². The molecule has 5 rings (SSSR count). The molecule has 3 nitrogen and oxygen atoms in total. The molecule has 0 radical (unpaired) electrons. The molecule has 44 heavy (non-hydrogen) atoms. The van der Waals surface area contributed by atoms with Gasteiger partial charge in [-0.1, -0.05) is 50.2 Å². The number of halogens is 5. The van der Waals surface area contributed by atoms with Crippen molar-refractivity contribution in [3.05, 3.63) is 65.0 Å². The van der Waals surface area contributed by atoms with Gasteiger partial charge in [0.25, 0.3) is 0 Å². The highest BCUT2D eigenvalue weighted by molar-refractivity contribution is 5.37. The van der Waals surface area contributed by atoms with Crippen molar-refractivity contribution in [3.63, 3.8) is 0 Å². The third kappa shape index (κ3) is 8.54. The van der Waals surface area contributed by atoms with Gasteiger partial charge in [0.05, 0.1) is 19.1 Å². The number of alkyl halides is 2. The van der Waals surface area contributed by atoms with E-state index < -0.39 is 35.2 Å². The average molecular weight is 619 g/mol. The molecule has 0 N–H and O–H groups in total. The topological polar surface area (TPSA) is 27.7 Å². The molecule has 0 amide bonds. The maximum atomic E-state index is 14.8. The molecule has 3 fully saturated rings. The van der Waals surface area contributed by atoms with Gasteiger partial charge in [0.15, 0.2) is 23.7 Å². The second-order valence-corrected chi connectivity index (χ2v) is 12.8. The van der Waals surface area contributed by atoms with Gasteiger partial charge in [-0.15, -0.1) is 0 Å². The predicted octanol–water partition coefficient (Wildman–Crippen LogP) is 9.78. The van der Waals surface area contributed by atoms with E-state index in [2.05, 4.69) is 23.5 Å². The van der Waals surface area contributed by atoms with Gasteiger partial charge in [0.2, 0.25) is 0 Å². The van der Waals surface area contributed by atoms with Crippen molar-refractivity contribution in [2.75, 3.05) is 13.2 Å². The molecule has 240 valence electrons. The van der Waals surface area contributed by atoms with E-state index in [-0.39, 0.29) is 25.0 Å². The van der Waals surface area contributed by atoms with Gasteiger partial charge in [0, 0.05) is 35.4 Å². The first kappa shape index (κ1) is 32.8. The van der Waals surface area contributed by atoms with Crippen LogP contribution in [0.1, 0.15) is 101 Å². The van der Waals surface area contributed by atoms with E-state index in [1.807, 2.05) is 24.3 Å². The quantitative estimate of drug-likeness (QED) is 0.121. The van der Waals surface area contributed by atoms with E-state index >= 15 is 0 Å². The predicted molar refractivity (Wildman–Crippen MR) is 159 cm³/mol. The summed E-state index contributed by atoms with van der Waals surface area (Å²) in [4.78, 5) is 0. The first-order valence-electron chi connectivity index (χ1n) is 16.3. The van der Waals surface area contributed by atoms with Gasteiger partial charge in [-0.05, 0) is 81.4 Å². The standard InChI is InChI=1S/C36H43F5O3/c1-2-3-4-5-26-22-42-35(43-23-26)29-14-10-25(11-15-29)7-6-24-8-12-27(13-9-24)28-16-18-30(19-17-28)36(40,41)44-31-20-32(37)34(39)33(38)21-31/h8-9,12-13,20-21,25-26,28-30,35H,2-5,10-11,14-19,22-23H2,1H3. The summed E-state index contributed by atoms with van der Waals surface area (Å²) >= 11 is 0. The molecule has 2 saturated carbocycles. The Kier molecular flexibility index (Phi) is 11.2.